The van der Waals surface area contributed by atoms with Gasteiger partial charge in [0.1, 0.15) is 10.7 Å². The number of carbonyl (C=O) groups excluding carboxylic acids is 4. The summed E-state index contributed by atoms with van der Waals surface area (Å²) in [6.07, 6.45) is 8.22. The molecule has 0 saturated carbocycles. The van der Waals surface area contributed by atoms with Crippen LogP contribution in [0.5, 0.6) is 0 Å². The molecule has 5 rings (SSSR count). The molecule has 0 bridgehead atoms. The number of rotatable bonds is 13. The van der Waals surface area contributed by atoms with Crippen LogP contribution in [0.25, 0.3) is 6.08 Å². The van der Waals surface area contributed by atoms with Crippen LogP contribution in [0.4, 0.5) is 16.4 Å². The van der Waals surface area contributed by atoms with E-state index in [1.807, 2.05) is 74.4 Å². The Kier molecular flexibility index (Phi) is 13.7. The highest BCUT2D eigenvalue weighted by atomic mass is 32.2. The van der Waals surface area contributed by atoms with E-state index in [4.69, 9.17) is 4.74 Å². The van der Waals surface area contributed by atoms with Crippen molar-refractivity contribution in [2.24, 2.45) is 0 Å². The summed E-state index contributed by atoms with van der Waals surface area (Å²) in [5.41, 5.74) is 4.28. The van der Waals surface area contributed by atoms with Gasteiger partial charge < -0.3 is 25.6 Å². The van der Waals surface area contributed by atoms with Gasteiger partial charge in [-0.05, 0) is 98.7 Å². The number of hydrogen-bond acceptors (Lipinski definition) is 8. The van der Waals surface area contributed by atoms with E-state index in [1.165, 1.54) is 23.1 Å². The lowest BCUT2D eigenvalue weighted by molar-refractivity contribution is -0.116. The first-order chi connectivity index (χ1) is 25.2. The van der Waals surface area contributed by atoms with E-state index in [-0.39, 0.29) is 24.2 Å². The molecule has 0 saturated heterocycles. The van der Waals surface area contributed by atoms with Gasteiger partial charge in [-0.1, -0.05) is 56.2 Å². The van der Waals surface area contributed by atoms with E-state index >= 15 is 0 Å². The highest BCUT2D eigenvalue weighted by molar-refractivity contribution is 8.00. The number of nitrogens with zero attached hydrogens (tertiary/aromatic N) is 1. The number of hydrogen-bond donors (Lipinski definition) is 3. The third-order valence-electron chi connectivity index (χ3n) is 8.67. The van der Waals surface area contributed by atoms with Gasteiger partial charge in [0.25, 0.3) is 11.8 Å². The van der Waals surface area contributed by atoms with E-state index in [2.05, 4.69) is 16.0 Å². The molecule has 1 aliphatic carbocycles. The molecule has 1 atom stereocenters. The molecule has 1 aromatic heterocycles. The van der Waals surface area contributed by atoms with Crippen molar-refractivity contribution in [3.05, 3.63) is 112 Å². The Morgan fingerprint density at radius 1 is 0.885 bits per heavy atom. The van der Waals surface area contributed by atoms with Gasteiger partial charge in [-0.2, -0.15) is 0 Å². The van der Waals surface area contributed by atoms with Crippen LogP contribution in [0.3, 0.4) is 0 Å². The minimum absolute atomic E-state index is 0.0813. The van der Waals surface area contributed by atoms with Gasteiger partial charge in [0, 0.05) is 40.8 Å². The summed E-state index contributed by atoms with van der Waals surface area (Å²) in [5.74, 6) is -1.49. The molecule has 1 aliphatic rings. The van der Waals surface area contributed by atoms with Gasteiger partial charge in [-0.3, -0.25) is 14.4 Å². The largest absolute Gasteiger partial charge is 0.462 e. The summed E-state index contributed by atoms with van der Waals surface area (Å²) in [6, 6.07) is 23.6. The van der Waals surface area contributed by atoms with E-state index in [0.717, 1.165) is 65.1 Å². The quantitative estimate of drug-likeness (QED) is 0.0715. The molecule has 52 heavy (non-hydrogen) atoms. The number of benzene rings is 3. The fourth-order valence-corrected chi connectivity index (χ4v) is 8.22. The lowest BCUT2D eigenvalue weighted by atomic mass is 9.96. The standard InChI is InChI=1S/C41H46N4O5S2/c1-5-34(39(48)44-40-36(41(49)50-6-2)32-19-12-7-8-13-20-35(32)52-40)51-31-18-14-17-29(26-31)42-38(47)33(43-37(46)28-15-10-9-11-16-28)25-27-21-23-30(24-22-27)45(3)4/h9-11,14-18,21-26,34H,5-8,12-13,19-20H2,1-4H3,(H,42,47)(H,43,46)(H,44,48)/b33-25+. The van der Waals surface area contributed by atoms with E-state index < -0.39 is 17.1 Å². The summed E-state index contributed by atoms with van der Waals surface area (Å²) in [4.78, 5) is 57.6. The second-order valence-electron chi connectivity index (χ2n) is 12.7. The summed E-state index contributed by atoms with van der Waals surface area (Å²) in [6.45, 7) is 3.99. The molecule has 11 heteroatoms. The summed E-state index contributed by atoms with van der Waals surface area (Å²) < 4.78 is 5.43. The number of amides is 3. The Labute approximate surface area is 314 Å². The van der Waals surface area contributed by atoms with Crippen LogP contribution < -0.4 is 20.9 Å². The van der Waals surface area contributed by atoms with Gasteiger partial charge in [0.15, 0.2) is 0 Å². The Morgan fingerprint density at radius 2 is 1.62 bits per heavy atom. The second-order valence-corrected chi connectivity index (χ2v) is 15.1. The topological polar surface area (TPSA) is 117 Å². The highest BCUT2D eigenvalue weighted by Gasteiger charge is 2.28. The third-order valence-corrected chi connectivity index (χ3v) is 11.2. The first kappa shape index (κ1) is 38.4. The van der Waals surface area contributed by atoms with Crippen LogP contribution in [-0.4, -0.2) is 49.6 Å². The number of carbonyl (C=O) groups is 4. The Balaban J connectivity index is 1.33. The summed E-state index contributed by atoms with van der Waals surface area (Å²) in [5, 5.41) is 8.89. The van der Waals surface area contributed by atoms with Crippen LogP contribution in [0, 0.1) is 0 Å². The molecule has 4 aromatic rings. The smallest absolute Gasteiger partial charge is 0.341 e. The van der Waals surface area contributed by atoms with Gasteiger partial charge in [-0.15, -0.1) is 23.1 Å². The molecule has 272 valence electrons. The molecular formula is C41H46N4O5S2. The Bertz CT molecular complexity index is 1900. The second kappa shape index (κ2) is 18.6. The number of thioether (sulfide) groups is 1. The van der Waals surface area contributed by atoms with Crippen LogP contribution in [0.1, 0.15) is 82.7 Å². The van der Waals surface area contributed by atoms with Crippen molar-refractivity contribution in [3.8, 4) is 0 Å². The lowest BCUT2D eigenvalue weighted by Gasteiger charge is -2.16. The number of thiophene rings is 1. The molecule has 0 spiro atoms. The van der Waals surface area contributed by atoms with E-state index in [0.29, 0.717) is 28.2 Å². The predicted octanol–water partition coefficient (Wildman–Crippen LogP) is 8.57. The zero-order chi connectivity index (χ0) is 37.0. The van der Waals surface area contributed by atoms with Gasteiger partial charge in [0.2, 0.25) is 5.91 Å². The molecule has 3 aromatic carbocycles. The van der Waals surface area contributed by atoms with Crippen molar-refractivity contribution in [2.45, 2.75) is 68.9 Å². The minimum Gasteiger partial charge on any atom is -0.462 e. The molecule has 0 radical (unpaired) electrons. The Hall–Kier alpha value is -4.87. The zero-order valence-corrected chi connectivity index (χ0v) is 31.8. The normalized spacial score (nSPS) is 13.5. The summed E-state index contributed by atoms with van der Waals surface area (Å²) in [7, 11) is 3.90. The minimum atomic E-state index is -0.493. The van der Waals surface area contributed by atoms with Gasteiger partial charge in [-0.25, -0.2) is 4.79 Å². The van der Waals surface area contributed by atoms with Crippen LogP contribution in [0.2, 0.25) is 0 Å². The molecule has 1 unspecified atom stereocenters. The molecular weight excluding hydrogens is 693 g/mol. The van der Waals surface area contributed by atoms with Crippen molar-refractivity contribution >= 4 is 69.2 Å². The third kappa shape index (κ3) is 10.1. The van der Waals surface area contributed by atoms with Gasteiger partial charge >= 0.3 is 5.97 Å². The van der Waals surface area contributed by atoms with E-state index in [9.17, 15) is 19.2 Å². The molecule has 1 heterocycles. The number of ether oxygens (including phenoxy) is 1. The average Bonchev–Trinajstić information content (AvgIpc) is 3.46. The van der Waals surface area contributed by atoms with Crippen molar-refractivity contribution in [1.29, 1.82) is 0 Å². The van der Waals surface area contributed by atoms with Crippen molar-refractivity contribution in [2.75, 3.05) is 36.2 Å². The monoisotopic (exact) mass is 738 g/mol. The van der Waals surface area contributed by atoms with Crippen molar-refractivity contribution < 1.29 is 23.9 Å². The first-order valence-electron chi connectivity index (χ1n) is 17.7. The molecule has 3 amide bonds. The van der Waals surface area contributed by atoms with Crippen LogP contribution >= 0.6 is 23.1 Å². The van der Waals surface area contributed by atoms with Gasteiger partial charge in [0.05, 0.1) is 17.4 Å². The molecule has 0 fully saturated rings. The number of esters is 1. The average molecular weight is 739 g/mol. The van der Waals surface area contributed by atoms with Crippen molar-refractivity contribution in [1.82, 2.24) is 5.32 Å². The maximum absolute atomic E-state index is 13.7. The van der Waals surface area contributed by atoms with E-state index in [1.54, 1.807) is 43.3 Å². The number of nitrogens with one attached hydrogen (secondary N) is 3. The van der Waals surface area contributed by atoms with Crippen LogP contribution in [-0.2, 0) is 27.2 Å². The highest BCUT2D eigenvalue weighted by Crippen LogP contribution is 2.38. The molecule has 3 N–H and O–H groups in total. The SMILES string of the molecule is CCOC(=O)c1c(NC(=O)C(CC)Sc2cccc(NC(=O)/C(=C\c3ccc(N(C)C)cc3)NC(=O)c3ccccc3)c2)sc2c1CCCCCC2. The fraction of sp³-hybridized carbons (Fsp3) is 0.317. The number of anilines is 3. The fourth-order valence-electron chi connectivity index (χ4n) is 5.93. The maximum atomic E-state index is 13.7. The first-order valence-corrected chi connectivity index (χ1v) is 19.4. The van der Waals surface area contributed by atoms with Crippen molar-refractivity contribution in [3.63, 3.8) is 0 Å². The zero-order valence-electron chi connectivity index (χ0n) is 30.1. The lowest BCUT2D eigenvalue weighted by Crippen LogP contribution is -2.30. The predicted molar refractivity (Wildman–Crippen MR) is 212 cm³/mol. The molecule has 9 nitrogen and oxygen atoms in total. The Morgan fingerprint density at radius 3 is 2.31 bits per heavy atom. The number of aryl methyl sites for hydroxylation is 1. The van der Waals surface area contributed by atoms with Crippen LogP contribution in [0.15, 0.2) is 89.5 Å². The summed E-state index contributed by atoms with van der Waals surface area (Å²) >= 11 is 2.87. The number of fused-ring (bicyclic) bond motifs is 1. The maximum Gasteiger partial charge on any atom is 0.341 e. The molecule has 0 aliphatic heterocycles.